The maximum Gasteiger partial charge on any atom is 0.306 e. The molecule has 0 saturated carbocycles. The van der Waals surface area contributed by atoms with Crippen molar-refractivity contribution < 1.29 is 9.53 Å². The van der Waals surface area contributed by atoms with Gasteiger partial charge in [-0.2, -0.15) is 0 Å². The van der Waals surface area contributed by atoms with Gasteiger partial charge < -0.3 is 4.74 Å². The Hall–Kier alpha value is -0.790. The summed E-state index contributed by atoms with van der Waals surface area (Å²) in [4.78, 5) is 11.3. The number of cyclic esters (lactones) is 1. The lowest BCUT2D eigenvalue weighted by Crippen LogP contribution is -2.05. The van der Waals surface area contributed by atoms with Gasteiger partial charge in [0.1, 0.15) is 0 Å². The number of hydrogen-bond acceptors (Lipinski definition) is 2. The van der Waals surface area contributed by atoms with Crippen LogP contribution in [0.4, 0.5) is 0 Å². The molecular weight excluding hydrogens is 200 g/mol. The molecule has 0 aromatic heterocycles. The maximum absolute atomic E-state index is 11.3. The average Bonchev–Trinajstić information content (AvgIpc) is 2.29. The van der Waals surface area contributed by atoms with E-state index >= 15 is 0 Å². The molecule has 0 radical (unpaired) electrons. The van der Waals surface area contributed by atoms with Crippen molar-refractivity contribution >= 4 is 5.97 Å². The van der Waals surface area contributed by atoms with Gasteiger partial charge in [-0.15, -0.1) is 0 Å². The van der Waals surface area contributed by atoms with E-state index in [0.29, 0.717) is 13.0 Å². The van der Waals surface area contributed by atoms with Crippen LogP contribution in [0.15, 0.2) is 12.2 Å². The van der Waals surface area contributed by atoms with Crippen LogP contribution in [-0.2, 0) is 9.53 Å². The average molecular weight is 224 g/mol. The molecule has 0 aliphatic carbocycles. The highest BCUT2D eigenvalue weighted by molar-refractivity contribution is 5.69. The standard InChI is InChI=1S/C14H24O2/c15-14-12-10-8-6-4-2-1-3-5-7-9-11-13-16-14/h6,8H,1-5,7,9-13H2. The van der Waals surface area contributed by atoms with Crippen molar-refractivity contribution in [2.75, 3.05) is 6.61 Å². The lowest BCUT2D eigenvalue weighted by Gasteiger charge is -2.03. The topological polar surface area (TPSA) is 26.3 Å². The summed E-state index contributed by atoms with van der Waals surface area (Å²) >= 11 is 0. The Kier molecular flexibility index (Phi) is 7.83. The lowest BCUT2D eigenvalue weighted by atomic mass is 10.1. The van der Waals surface area contributed by atoms with Crippen LogP contribution in [0.1, 0.15) is 64.2 Å². The molecule has 0 spiro atoms. The Morgan fingerprint density at radius 3 is 2.25 bits per heavy atom. The van der Waals surface area contributed by atoms with Crippen LogP contribution in [0, 0.1) is 0 Å². The van der Waals surface area contributed by atoms with Crippen molar-refractivity contribution in [3.05, 3.63) is 12.2 Å². The Bertz CT molecular complexity index is 209. The number of allylic oxidation sites excluding steroid dienone is 2. The molecule has 92 valence electrons. The maximum atomic E-state index is 11.3. The van der Waals surface area contributed by atoms with Crippen LogP contribution in [0.5, 0.6) is 0 Å². The molecule has 0 unspecified atom stereocenters. The zero-order valence-corrected chi connectivity index (χ0v) is 10.2. The Balaban J connectivity index is 2.20. The van der Waals surface area contributed by atoms with Crippen molar-refractivity contribution in [2.45, 2.75) is 64.2 Å². The van der Waals surface area contributed by atoms with Crippen molar-refractivity contribution in [1.29, 1.82) is 0 Å². The highest BCUT2D eigenvalue weighted by Gasteiger charge is 2.01. The molecule has 0 bridgehead atoms. The molecule has 16 heavy (non-hydrogen) atoms. The number of hydrogen-bond donors (Lipinski definition) is 0. The molecule has 2 heteroatoms. The fourth-order valence-electron chi connectivity index (χ4n) is 1.94. The zero-order chi connectivity index (χ0) is 11.5. The third kappa shape index (κ3) is 7.49. The summed E-state index contributed by atoms with van der Waals surface area (Å²) < 4.78 is 5.15. The van der Waals surface area contributed by atoms with Crippen molar-refractivity contribution in [2.24, 2.45) is 0 Å². The van der Waals surface area contributed by atoms with Gasteiger partial charge in [0.2, 0.25) is 0 Å². The molecule has 0 atom stereocenters. The summed E-state index contributed by atoms with van der Waals surface area (Å²) in [6.45, 7) is 0.614. The Labute approximate surface area is 99.1 Å². The van der Waals surface area contributed by atoms with Gasteiger partial charge in [-0.3, -0.25) is 4.79 Å². The summed E-state index contributed by atoms with van der Waals surface area (Å²) in [5.74, 6) is -0.0421. The van der Waals surface area contributed by atoms with E-state index in [1.807, 2.05) is 0 Å². The minimum absolute atomic E-state index is 0.0421. The molecule has 0 saturated heterocycles. The number of esters is 1. The molecule has 2 nitrogen and oxygen atoms in total. The van der Waals surface area contributed by atoms with Crippen LogP contribution < -0.4 is 0 Å². The smallest absolute Gasteiger partial charge is 0.306 e. The first-order valence-corrected chi connectivity index (χ1v) is 6.70. The van der Waals surface area contributed by atoms with E-state index in [1.165, 1.54) is 38.5 Å². The minimum Gasteiger partial charge on any atom is -0.466 e. The van der Waals surface area contributed by atoms with E-state index in [4.69, 9.17) is 4.74 Å². The van der Waals surface area contributed by atoms with Crippen molar-refractivity contribution in [3.8, 4) is 0 Å². The third-order valence-electron chi connectivity index (χ3n) is 2.96. The number of rotatable bonds is 0. The molecule has 0 fully saturated rings. The van der Waals surface area contributed by atoms with Gasteiger partial charge in [0.25, 0.3) is 0 Å². The largest absolute Gasteiger partial charge is 0.466 e. The van der Waals surface area contributed by atoms with E-state index in [0.717, 1.165) is 19.3 Å². The first kappa shape index (κ1) is 13.3. The first-order valence-electron chi connectivity index (χ1n) is 6.70. The van der Waals surface area contributed by atoms with Crippen molar-refractivity contribution in [1.82, 2.24) is 0 Å². The normalized spacial score (nSPS) is 21.9. The Morgan fingerprint density at radius 1 is 0.812 bits per heavy atom. The fraction of sp³-hybridized carbons (Fsp3) is 0.786. The van der Waals surface area contributed by atoms with E-state index in [-0.39, 0.29) is 5.97 Å². The van der Waals surface area contributed by atoms with E-state index < -0.39 is 0 Å². The van der Waals surface area contributed by atoms with Gasteiger partial charge in [-0.25, -0.2) is 0 Å². The molecular formula is C14H24O2. The van der Waals surface area contributed by atoms with Crippen molar-refractivity contribution in [3.63, 3.8) is 0 Å². The van der Waals surface area contributed by atoms with Gasteiger partial charge in [-0.05, 0) is 25.7 Å². The van der Waals surface area contributed by atoms with Crippen LogP contribution in [0.2, 0.25) is 0 Å². The second kappa shape index (κ2) is 9.44. The number of carbonyl (C=O) groups is 1. The second-order valence-electron chi connectivity index (χ2n) is 4.49. The molecule has 0 N–H and O–H groups in total. The van der Waals surface area contributed by atoms with Crippen LogP contribution in [0.25, 0.3) is 0 Å². The second-order valence-corrected chi connectivity index (χ2v) is 4.49. The summed E-state index contributed by atoms with van der Waals surface area (Å²) in [6, 6.07) is 0. The predicted molar refractivity (Wildman–Crippen MR) is 66.3 cm³/mol. The van der Waals surface area contributed by atoms with Crippen LogP contribution >= 0.6 is 0 Å². The molecule has 1 aliphatic heterocycles. The van der Waals surface area contributed by atoms with E-state index in [2.05, 4.69) is 12.2 Å². The highest BCUT2D eigenvalue weighted by atomic mass is 16.5. The third-order valence-corrected chi connectivity index (χ3v) is 2.96. The summed E-state index contributed by atoms with van der Waals surface area (Å²) in [7, 11) is 0. The zero-order valence-electron chi connectivity index (χ0n) is 10.2. The minimum atomic E-state index is -0.0421. The highest BCUT2D eigenvalue weighted by Crippen LogP contribution is 2.10. The molecule has 1 aliphatic rings. The van der Waals surface area contributed by atoms with Gasteiger partial charge in [-0.1, -0.05) is 44.3 Å². The molecule has 1 heterocycles. The molecule has 0 aromatic carbocycles. The van der Waals surface area contributed by atoms with Crippen LogP contribution in [-0.4, -0.2) is 12.6 Å². The lowest BCUT2D eigenvalue weighted by molar-refractivity contribution is -0.143. The van der Waals surface area contributed by atoms with Gasteiger partial charge in [0, 0.05) is 6.42 Å². The fourth-order valence-corrected chi connectivity index (χ4v) is 1.94. The van der Waals surface area contributed by atoms with Crippen LogP contribution in [0.3, 0.4) is 0 Å². The summed E-state index contributed by atoms with van der Waals surface area (Å²) in [5, 5.41) is 0. The molecule has 1 rings (SSSR count). The van der Waals surface area contributed by atoms with Gasteiger partial charge in [0.15, 0.2) is 0 Å². The summed E-state index contributed by atoms with van der Waals surface area (Å²) in [5.41, 5.74) is 0. The Morgan fingerprint density at radius 2 is 1.44 bits per heavy atom. The van der Waals surface area contributed by atoms with E-state index in [9.17, 15) is 4.79 Å². The molecule has 0 aromatic rings. The summed E-state index contributed by atoms with van der Waals surface area (Å²) in [6.07, 6.45) is 15.7. The van der Waals surface area contributed by atoms with E-state index in [1.54, 1.807) is 0 Å². The first-order chi connectivity index (χ1) is 7.89. The number of ether oxygens (including phenoxy) is 1. The molecule has 0 amide bonds. The number of carbonyl (C=O) groups excluding carboxylic acids is 1. The van der Waals surface area contributed by atoms with Gasteiger partial charge >= 0.3 is 5.97 Å². The quantitative estimate of drug-likeness (QED) is 0.459. The monoisotopic (exact) mass is 224 g/mol. The SMILES string of the molecule is O=C1CCC=CCCCCCCCCCO1. The predicted octanol–water partition coefficient (Wildman–Crippen LogP) is 4.00. The van der Waals surface area contributed by atoms with Gasteiger partial charge in [0.05, 0.1) is 6.61 Å².